The molecule has 26 heavy (non-hydrogen) atoms. The van der Waals surface area contributed by atoms with Crippen LogP contribution in [0.3, 0.4) is 0 Å². The maximum atomic E-state index is 13.3. The molecule has 0 unspecified atom stereocenters. The Hall–Kier alpha value is -2.43. The number of hydrogen-bond donors (Lipinski definition) is 0. The normalized spacial score (nSPS) is 15.4. The van der Waals surface area contributed by atoms with Gasteiger partial charge in [0.1, 0.15) is 11.6 Å². The van der Waals surface area contributed by atoms with Gasteiger partial charge in [0.2, 0.25) is 0 Å². The van der Waals surface area contributed by atoms with Crippen LogP contribution in [0.1, 0.15) is 44.7 Å². The van der Waals surface area contributed by atoms with Crippen molar-refractivity contribution < 1.29 is 4.39 Å². The van der Waals surface area contributed by atoms with Crippen LogP contribution in [0.5, 0.6) is 0 Å². The minimum Gasteiger partial charge on any atom is -0.356 e. The van der Waals surface area contributed by atoms with Crippen molar-refractivity contribution in [2.45, 2.75) is 45.4 Å². The minimum absolute atomic E-state index is 0.227. The predicted octanol–water partition coefficient (Wildman–Crippen LogP) is 4.87. The second kappa shape index (κ2) is 7.44. The van der Waals surface area contributed by atoms with E-state index in [1.165, 1.54) is 37.8 Å². The van der Waals surface area contributed by atoms with Gasteiger partial charge in [-0.15, -0.1) is 0 Å². The Labute approximate surface area is 153 Å². The summed E-state index contributed by atoms with van der Waals surface area (Å²) < 4.78 is 15.3. The summed E-state index contributed by atoms with van der Waals surface area (Å²) in [4.78, 5) is 7.33. The van der Waals surface area contributed by atoms with Gasteiger partial charge in [0.25, 0.3) is 0 Å². The van der Waals surface area contributed by atoms with Gasteiger partial charge >= 0.3 is 0 Å². The highest BCUT2D eigenvalue weighted by molar-refractivity contribution is 5.78. The van der Waals surface area contributed by atoms with Crippen LogP contribution in [-0.4, -0.2) is 27.7 Å². The third-order valence-electron chi connectivity index (χ3n) is 5.10. The van der Waals surface area contributed by atoms with Crippen molar-refractivity contribution in [3.05, 3.63) is 48.0 Å². The molecule has 1 aliphatic rings. The van der Waals surface area contributed by atoms with E-state index >= 15 is 0 Å². The summed E-state index contributed by atoms with van der Waals surface area (Å²) in [6, 6.07) is 8.77. The van der Waals surface area contributed by atoms with Crippen molar-refractivity contribution in [2.24, 2.45) is 0 Å². The highest BCUT2D eigenvalue weighted by Crippen LogP contribution is 2.28. The van der Waals surface area contributed by atoms with E-state index in [1.807, 2.05) is 10.7 Å². The zero-order valence-electron chi connectivity index (χ0n) is 15.3. The number of nitrogens with zero attached hydrogens (tertiary/aromatic N) is 4. The Morgan fingerprint density at radius 3 is 2.46 bits per heavy atom. The first-order chi connectivity index (χ1) is 12.8. The Bertz CT molecular complexity index is 877. The molecule has 4 rings (SSSR count). The standard InChI is InChI=1S/C21H25FN4/c1-2-7-18-14-20(25-12-5-3-4-6-13-25)26-21(24-18)19(15-23-26)16-8-10-17(22)11-9-16/h8-11,14-15H,2-7,12-13H2,1H3. The molecular weight excluding hydrogens is 327 g/mol. The van der Waals surface area contributed by atoms with E-state index in [-0.39, 0.29) is 5.82 Å². The van der Waals surface area contributed by atoms with Crippen LogP contribution in [0.25, 0.3) is 16.8 Å². The summed E-state index contributed by atoms with van der Waals surface area (Å²) >= 11 is 0. The summed E-state index contributed by atoms with van der Waals surface area (Å²) in [5.41, 5.74) is 3.87. The third-order valence-corrected chi connectivity index (χ3v) is 5.10. The molecule has 0 N–H and O–H groups in total. The zero-order valence-corrected chi connectivity index (χ0v) is 15.3. The monoisotopic (exact) mass is 352 g/mol. The number of hydrogen-bond acceptors (Lipinski definition) is 3. The van der Waals surface area contributed by atoms with Crippen molar-refractivity contribution in [3.63, 3.8) is 0 Å². The van der Waals surface area contributed by atoms with Gasteiger partial charge in [0, 0.05) is 30.4 Å². The zero-order chi connectivity index (χ0) is 17.9. The fourth-order valence-electron chi connectivity index (χ4n) is 3.74. The van der Waals surface area contributed by atoms with Crippen LogP contribution in [0.15, 0.2) is 36.5 Å². The maximum Gasteiger partial charge on any atom is 0.165 e. The molecule has 4 nitrogen and oxygen atoms in total. The number of benzene rings is 1. The fraction of sp³-hybridized carbons (Fsp3) is 0.429. The molecule has 0 saturated carbocycles. The molecule has 0 radical (unpaired) electrons. The van der Waals surface area contributed by atoms with E-state index in [2.05, 4.69) is 23.0 Å². The highest BCUT2D eigenvalue weighted by atomic mass is 19.1. The van der Waals surface area contributed by atoms with Crippen LogP contribution in [0, 0.1) is 5.82 Å². The molecule has 136 valence electrons. The molecule has 1 aromatic carbocycles. The average molecular weight is 352 g/mol. The Morgan fingerprint density at radius 2 is 1.77 bits per heavy atom. The van der Waals surface area contributed by atoms with Gasteiger partial charge < -0.3 is 4.90 Å². The van der Waals surface area contributed by atoms with E-state index in [9.17, 15) is 4.39 Å². The molecule has 0 atom stereocenters. The van der Waals surface area contributed by atoms with E-state index in [0.29, 0.717) is 0 Å². The molecule has 5 heteroatoms. The van der Waals surface area contributed by atoms with Crippen LogP contribution in [-0.2, 0) is 6.42 Å². The Morgan fingerprint density at radius 1 is 1.04 bits per heavy atom. The molecular formula is C21H25FN4. The number of rotatable bonds is 4. The Balaban J connectivity index is 1.84. The second-order valence-corrected chi connectivity index (χ2v) is 7.06. The van der Waals surface area contributed by atoms with Crippen LogP contribution >= 0.6 is 0 Å². The molecule has 0 amide bonds. The predicted molar refractivity (Wildman–Crippen MR) is 103 cm³/mol. The lowest BCUT2D eigenvalue weighted by Crippen LogP contribution is -2.26. The topological polar surface area (TPSA) is 33.4 Å². The highest BCUT2D eigenvalue weighted by Gasteiger charge is 2.18. The first kappa shape index (κ1) is 17.0. The molecule has 1 saturated heterocycles. The summed E-state index contributed by atoms with van der Waals surface area (Å²) in [6.07, 6.45) is 8.90. The van der Waals surface area contributed by atoms with Gasteiger partial charge in [-0.1, -0.05) is 38.3 Å². The largest absolute Gasteiger partial charge is 0.356 e. The lowest BCUT2D eigenvalue weighted by molar-refractivity contribution is 0.628. The maximum absolute atomic E-state index is 13.3. The van der Waals surface area contributed by atoms with Gasteiger partial charge in [-0.2, -0.15) is 9.61 Å². The number of aromatic nitrogens is 3. The minimum atomic E-state index is -0.227. The lowest BCUT2D eigenvalue weighted by atomic mass is 10.1. The molecule has 3 aromatic rings. The van der Waals surface area contributed by atoms with Gasteiger partial charge in [-0.3, -0.25) is 0 Å². The molecule has 0 spiro atoms. The van der Waals surface area contributed by atoms with E-state index in [4.69, 9.17) is 4.98 Å². The number of fused-ring (bicyclic) bond motifs is 1. The fourth-order valence-corrected chi connectivity index (χ4v) is 3.74. The molecule has 1 aliphatic heterocycles. The number of halogens is 1. The van der Waals surface area contributed by atoms with Crippen molar-refractivity contribution in [3.8, 4) is 11.1 Å². The molecule has 0 aliphatic carbocycles. The van der Waals surface area contributed by atoms with Crippen molar-refractivity contribution in [1.82, 2.24) is 14.6 Å². The van der Waals surface area contributed by atoms with Gasteiger partial charge in [0.15, 0.2) is 5.65 Å². The van der Waals surface area contributed by atoms with Crippen molar-refractivity contribution >= 4 is 11.5 Å². The van der Waals surface area contributed by atoms with Crippen LogP contribution in [0.2, 0.25) is 0 Å². The van der Waals surface area contributed by atoms with Gasteiger partial charge in [-0.05, 0) is 37.0 Å². The molecule has 2 aromatic heterocycles. The quantitative estimate of drug-likeness (QED) is 0.672. The van der Waals surface area contributed by atoms with Crippen molar-refractivity contribution in [1.29, 1.82) is 0 Å². The van der Waals surface area contributed by atoms with Gasteiger partial charge in [-0.25, -0.2) is 9.37 Å². The molecule has 0 bridgehead atoms. The summed E-state index contributed by atoms with van der Waals surface area (Å²) in [7, 11) is 0. The van der Waals surface area contributed by atoms with Gasteiger partial charge in [0.05, 0.1) is 6.20 Å². The number of aryl methyl sites for hydroxylation is 1. The average Bonchev–Trinajstić information content (AvgIpc) is 2.88. The first-order valence-electron chi connectivity index (χ1n) is 9.65. The third kappa shape index (κ3) is 3.30. The first-order valence-corrected chi connectivity index (χ1v) is 9.65. The smallest absolute Gasteiger partial charge is 0.165 e. The van der Waals surface area contributed by atoms with Crippen LogP contribution in [0.4, 0.5) is 10.2 Å². The Kier molecular flexibility index (Phi) is 4.87. The van der Waals surface area contributed by atoms with E-state index in [0.717, 1.165) is 54.2 Å². The lowest BCUT2D eigenvalue weighted by Gasteiger charge is -2.23. The van der Waals surface area contributed by atoms with E-state index < -0.39 is 0 Å². The SMILES string of the molecule is CCCc1cc(N2CCCCCC2)n2ncc(-c3ccc(F)cc3)c2n1. The molecule has 3 heterocycles. The molecule has 1 fully saturated rings. The van der Waals surface area contributed by atoms with Crippen LogP contribution < -0.4 is 4.90 Å². The second-order valence-electron chi connectivity index (χ2n) is 7.06. The summed E-state index contributed by atoms with van der Waals surface area (Å²) in [5, 5.41) is 4.64. The summed E-state index contributed by atoms with van der Waals surface area (Å²) in [5.74, 6) is 0.906. The van der Waals surface area contributed by atoms with E-state index in [1.54, 1.807) is 12.1 Å². The number of anilines is 1. The summed E-state index contributed by atoms with van der Waals surface area (Å²) in [6.45, 7) is 4.31. The van der Waals surface area contributed by atoms with Crippen molar-refractivity contribution in [2.75, 3.05) is 18.0 Å².